The van der Waals surface area contributed by atoms with Gasteiger partial charge in [0.25, 0.3) is 0 Å². The van der Waals surface area contributed by atoms with Gasteiger partial charge in [0.15, 0.2) is 0 Å². The van der Waals surface area contributed by atoms with Crippen molar-refractivity contribution in [3.05, 3.63) is 23.5 Å². The molecular formula is C14H24N2O3. The third-order valence-electron chi connectivity index (χ3n) is 2.58. The smallest absolute Gasteiger partial charge is 0.142 e. The van der Waals surface area contributed by atoms with Crippen molar-refractivity contribution in [2.24, 2.45) is 0 Å². The maximum absolute atomic E-state index is 9.58. The van der Waals surface area contributed by atoms with E-state index in [0.29, 0.717) is 12.3 Å². The van der Waals surface area contributed by atoms with Crippen molar-refractivity contribution in [1.82, 2.24) is 10.3 Å². The van der Waals surface area contributed by atoms with Gasteiger partial charge < -0.3 is 19.9 Å². The summed E-state index contributed by atoms with van der Waals surface area (Å²) >= 11 is 0. The van der Waals surface area contributed by atoms with E-state index in [0.717, 1.165) is 24.4 Å². The fourth-order valence-electron chi connectivity index (χ4n) is 1.67. The van der Waals surface area contributed by atoms with Crippen molar-refractivity contribution in [2.45, 2.75) is 32.9 Å². The largest absolute Gasteiger partial charge is 0.489 e. The number of nitrogens with one attached hydrogen (secondary N) is 1. The number of aliphatic hydroxyl groups is 1. The third kappa shape index (κ3) is 6.00. The van der Waals surface area contributed by atoms with Crippen LogP contribution in [-0.4, -0.2) is 43.1 Å². The monoisotopic (exact) mass is 268 g/mol. The molecule has 0 radical (unpaired) electrons. The topological polar surface area (TPSA) is 63.6 Å². The predicted molar refractivity (Wildman–Crippen MR) is 74.3 cm³/mol. The Hall–Kier alpha value is -1.17. The number of hydrogen-bond acceptors (Lipinski definition) is 5. The van der Waals surface area contributed by atoms with Gasteiger partial charge in [-0.2, -0.15) is 0 Å². The molecule has 0 saturated carbocycles. The van der Waals surface area contributed by atoms with Crippen LogP contribution < -0.4 is 10.1 Å². The minimum Gasteiger partial charge on any atom is -0.489 e. The quantitative estimate of drug-likeness (QED) is 0.660. The summed E-state index contributed by atoms with van der Waals surface area (Å²) in [5.41, 5.74) is 1.83. The van der Waals surface area contributed by atoms with Crippen LogP contribution >= 0.6 is 0 Å². The highest BCUT2D eigenvalue weighted by molar-refractivity contribution is 5.29. The van der Waals surface area contributed by atoms with Gasteiger partial charge in [-0.3, -0.25) is 4.98 Å². The van der Waals surface area contributed by atoms with Gasteiger partial charge >= 0.3 is 0 Å². The summed E-state index contributed by atoms with van der Waals surface area (Å²) in [4.78, 5) is 4.47. The maximum Gasteiger partial charge on any atom is 0.142 e. The minimum absolute atomic E-state index is 0.208. The van der Waals surface area contributed by atoms with E-state index in [2.05, 4.69) is 17.2 Å². The molecule has 0 aliphatic carbocycles. The summed E-state index contributed by atoms with van der Waals surface area (Å²) in [5.74, 6) is 0.712. The zero-order valence-electron chi connectivity index (χ0n) is 12.0. The van der Waals surface area contributed by atoms with Gasteiger partial charge in [-0.1, -0.05) is 6.92 Å². The van der Waals surface area contributed by atoms with Gasteiger partial charge in [0.1, 0.15) is 18.5 Å². The summed E-state index contributed by atoms with van der Waals surface area (Å²) in [6, 6.07) is 3.80. The average molecular weight is 268 g/mol. The molecule has 0 saturated heterocycles. The molecule has 0 spiro atoms. The first-order valence-corrected chi connectivity index (χ1v) is 6.64. The molecule has 1 aromatic heterocycles. The zero-order valence-corrected chi connectivity index (χ0v) is 12.0. The van der Waals surface area contributed by atoms with Gasteiger partial charge in [0.05, 0.1) is 12.3 Å². The zero-order chi connectivity index (χ0) is 14.1. The minimum atomic E-state index is -0.622. The molecule has 5 heteroatoms. The van der Waals surface area contributed by atoms with Crippen molar-refractivity contribution < 1.29 is 14.6 Å². The molecule has 1 atom stereocenters. The first kappa shape index (κ1) is 15.9. The number of aliphatic hydroxyl groups excluding tert-OH is 1. The van der Waals surface area contributed by atoms with Crippen molar-refractivity contribution in [3.8, 4) is 5.75 Å². The number of aryl methyl sites for hydroxylation is 1. The molecule has 5 nitrogen and oxygen atoms in total. The predicted octanol–water partition coefficient (Wildman–Crippen LogP) is 1.28. The second-order valence-corrected chi connectivity index (χ2v) is 4.49. The van der Waals surface area contributed by atoms with Gasteiger partial charge in [-0.25, -0.2) is 0 Å². The van der Waals surface area contributed by atoms with Crippen LogP contribution in [0.2, 0.25) is 0 Å². The highest BCUT2D eigenvalue weighted by atomic mass is 16.5. The first-order valence-electron chi connectivity index (χ1n) is 6.64. The summed E-state index contributed by atoms with van der Waals surface area (Å²) in [7, 11) is 1.55. The van der Waals surface area contributed by atoms with E-state index in [1.165, 1.54) is 0 Å². The van der Waals surface area contributed by atoms with Crippen LogP contribution in [0.4, 0.5) is 0 Å². The molecular weight excluding hydrogens is 244 g/mol. The van der Waals surface area contributed by atoms with Crippen molar-refractivity contribution >= 4 is 0 Å². The molecule has 19 heavy (non-hydrogen) atoms. The molecule has 2 N–H and O–H groups in total. The highest BCUT2D eigenvalue weighted by Gasteiger charge is 2.09. The second kappa shape index (κ2) is 8.85. The van der Waals surface area contributed by atoms with E-state index in [1.54, 1.807) is 7.11 Å². The van der Waals surface area contributed by atoms with E-state index < -0.39 is 6.10 Å². The summed E-state index contributed by atoms with van der Waals surface area (Å²) in [6.07, 6.45) is 0.455. The van der Waals surface area contributed by atoms with Crippen LogP contribution in [0, 0.1) is 6.92 Å². The Labute approximate surface area is 115 Å². The second-order valence-electron chi connectivity index (χ2n) is 4.49. The van der Waals surface area contributed by atoms with Crippen LogP contribution in [0.15, 0.2) is 12.1 Å². The van der Waals surface area contributed by atoms with E-state index in [1.807, 2.05) is 19.1 Å². The van der Waals surface area contributed by atoms with Gasteiger partial charge in [0, 0.05) is 19.3 Å². The molecule has 0 aromatic carbocycles. The SMILES string of the molecule is CCCNCc1nc(C)ccc1OCC(O)COC. The number of aromatic nitrogens is 1. The average Bonchev–Trinajstić information content (AvgIpc) is 2.38. The molecule has 0 fully saturated rings. The molecule has 1 aromatic rings. The lowest BCUT2D eigenvalue weighted by molar-refractivity contribution is 0.0322. The number of nitrogens with zero attached hydrogens (tertiary/aromatic N) is 1. The molecule has 108 valence electrons. The van der Waals surface area contributed by atoms with Crippen LogP contribution in [0.5, 0.6) is 5.75 Å². The number of pyridine rings is 1. The van der Waals surface area contributed by atoms with Crippen LogP contribution in [0.3, 0.4) is 0 Å². The standard InChI is InChI=1S/C14H24N2O3/c1-4-7-15-8-13-14(6-5-11(2)16-13)19-10-12(17)9-18-3/h5-6,12,15,17H,4,7-10H2,1-3H3. The van der Waals surface area contributed by atoms with Gasteiger partial charge in [0.2, 0.25) is 0 Å². The Balaban J connectivity index is 2.59. The Kier molecular flexibility index (Phi) is 7.40. The molecule has 1 heterocycles. The molecule has 0 amide bonds. The third-order valence-corrected chi connectivity index (χ3v) is 2.58. The summed E-state index contributed by atoms with van der Waals surface area (Å²) in [6.45, 7) is 6.16. The van der Waals surface area contributed by atoms with Crippen LogP contribution in [0.25, 0.3) is 0 Å². The summed E-state index contributed by atoms with van der Waals surface area (Å²) < 4.78 is 10.5. The lowest BCUT2D eigenvalue weighted by Crippen LogP contribution is -2.23. The van der Waals surface area contributed by atoms with Gasteiger partial charge in [-0.05, 0) is 32.0 Å². The Morgan fingerprint density at radius 3 is 2.84 bits per heavy atom. The molecule has 0 bridgehead atoms. The fourth-order valence-corrected chi connectivity index (χ4v) is 1.67. The van der Waals surface area contributed by atoms with Gasteiger partial charge in [-0.15, -0.1) is 0 Å². The molecule has 0 aliphatic rings. The number of rotatable bonds is 9. The van der Waals surface area contributed by atoms with Crippen molar-refractivity contribution in [2.75, 3.05) is 26.9 Å². The summed E-state index contributed by atoms with van der Waals surface area (Å²) in [5, 5.41) is 12.9. The highest BCUT2D eigenvalue weighted by Crippen LogP contribution is 2.17. The van der Waals surface area contributed by atoms with E-state index in [4.69, 9.17) is 9.47 Å². The lowest BCUT2D eigenvalue weighted by atomic mass is 10.2. The number of hydrogen-bond donors (Lipinski definition) is 2. The molecule has 1 rings (SSSR count). The van der Waals surface area contributed by atoms with Crippen molar-refractivity contribution in [3.63, 3.8) is 0 Å². The maximum atomic E-state index is 9.58. The van der Waals surface area contributed by atoms with E-state index in [-0.39, 0.29) is 13.2 Å². The Morgan fingerprint density at radius 1 is 1.37 bits per heavy atom. The van der Waals surface area contributed by atoms with Crippen molar-refractivity contribution in [1.29, 1.82) is 0 Å². The van der Waals surface area contributed by atoms with Crippen LogP contribution in [0.1, 0.15) is 24.7 Å². The van der Waals surface area contributed by atoms with E-state index in [9.17, 15) is 5.11 Å². The lowest BCUT2D eigenvalue weighted by Gasteiger charge is -2.14. The van der Waals surface area contributed by atoms with Crippen LogP contribution in [-0.2, 0) is 11.3 Å². The van der Waals surface area contributed by atoms with E-state index >= 15 is 0 Å². The Bertz CT molecular complexity index is 372. The number of methoxy groups -OCH3 is 1. The molecule has 1 unspecified atom stereocenters. The Morgan fingerprint density at radius 2 is 2.16 bits per heavy atom. The number of ether oxygens (including phenoxy) is 2. The normalized spacial score (nSPS) is 12.4. The first-order chi connectivity index (χ1) is 9.17. The fraction of sp³-hybridized carbons (Fsp3) is 0.643. The molecule has 0 aliphatic heterocycles.